The minimum absolute atomic E-state index is 0.0712. The van der Waals surface area contributed by atoms with E-state index in [1.165, 1.54) is 0 Å². The van der Waals surface area contributed by atoms with E-state index in [4.69, 9.17) is 9.47 Å². The van der Waals surface area contributed by atoms with Crippen molar-refractivity contribution in [3.05, 3.63) is 65.2 Å². The maximum absolute atomic E-state index is 12.5. The van der Waals surface area contributed by atoms with Gasteiger partial charge in [-0.2, -0.15) is 5.26 Å². The molecule has 1 amide bonds. The summed E-state index contributed by atoms with van der Waals surface area (Å²) >= 11 is 0. The number of dihydropyridines is 1. The molecule has 2 heterocycles. The summed E-state index contributed by atoms with van der Waals surface area (Å²) in [4.78, 5) is 16.7. The molecule has 0 aromatic heterocycles. The Balaban J connectivity index is 1.87. The molecule has 0 saturated heterocycles. The average Bonchev–Trinajstić information content (AvgIpc) is 2.67. The molecule has 1 atom stereocenters. The van der Waals surface area contributed by atoms with Crippen molar-refractivity contribution in [1.29, 1.82) is 5.26 Å². The third kappa shape index (κ3) is 2.39. The zero-order valence-electron chi connectivity index (χ0n) is 13.5. The lowest BCUT2D eigenvalue weighted by Gasteiger charge is -2.31. The second-order valence-electron chi connectivity index (χ2n) is 5.79. The number of fused-ring (bicyclic) bond motifs is 3. The van der Waals surface area contributed by atoms with E-state index in [2.05, 4.69) is 4.99 Å². The SMILES string of the molecule is COc1ccc(C2=C(C#N)C(=O)N=C3c4ccccc4OCC32)cc1. The second-order valence-corrected chi connectivity index (χ2v) is 5.79. The fourth-order valence-electron chi connectivity index (χ4n) is 3.28. The average molecular weight is 330 g/mol. The fourth-order valence-corrected chi connectivity index (χ4v) is 3.28. The fraction of sp³-hybridized carbons (Fsp3) is 0.150. The largest absolute Gasteiger partial charge is 0.497 e. The number of hydrogen-bond acceptors (Lipinski definition) is 4. The molecule has 25 heavy (non-hydrogen) atoms. The quantitative estimate of drug-likeness (QED) is 0.848. The van der Waals surface area contributed by atoms with Crippen molar-refractivity contribution < 1.29 is 14.3 Å². The van der Waals surface area contributed by atoms with Crippen molar-refractivity contribution in [3.8, 4) is 17.6 Å². The number of hydrogen-bond donors (Lipinski definition) is 0. The lowest BCUT2D eigenvalue weighted by molar-refractivity contribution is -0.114. The number of carbonyl (C=O) groups excluding carboxylic acids is 1. The molecular weight excluding hydrogens is 316 g/mol. The number of benzene rings is 2. The first-order chi connectivity index (χ1) is 12.2. The number of methoxy groups -OCH3 is 1. The van der Waals surface area contributed by atoms with E-state index < -0.39 is 5.91 Å². The topological polar surface area (TPSA) is 71.7 Å². The van der Waals surface area contributed by atoms with E-state index in [1.54, 1.807) is 7.11 Å². The highest BCUT2D eigenvalue weighted by Crippen LogP contribution is 2.39. The van der Waals surface area contributed by atoms with Crippen LogP contribution in [0, 0.1) is 17.2 Å². The molecule has 0 fully saturated rings. The van der Waals surface area contributed by atoms with Gasteiger partial charge < -0.3 is 9.47 Å². The first-order valence-corrected chi connectivity index (χ1v) is 7.86. The minimum atomic E-state index is -0.503. The van der Waals surface area contributed by atoms with Gasteiger partial charge in [-0.1, -0.05) is 24.3 Å². The number of amides is 1. The van der Waals surface area contributed by atoms with Crippen LogP contribution in [0.2, 0.25) is 0 Å². The maximum atomic E-state index is 12.5. The Labute approximate surface area is 144 Å². The number of ether oxygens (including phenoxy) is 2. The Kier molecular flexibility index (Phi) is 3.58. The Morgan fingerprint density at radius 2 is 1.96 bits per heavy atom. The lowest BCUT2D eigenvalue weighted by atomic mass is 9.80. The van der Waals surface area contributed by atoms with Crippen LogP contribution in [0.3, 0.4) is 0 Å². The van der Waals surface area contributed by atoms with Crippen molar-refractivity contribution >= 4 is 17.2 Å². The zero-order valence-corrected chi connectivity index (χ0v) is 13.5. The summed E-state index contributed by atoms with van der Waals surface area (Å²) in [5.74, 6) is 0.663. The summed E-state index contributed by atoms with van der Waals surface area (Å²) in [7, 11) is 1.59. The predicted octanol–water partition coefficient (Wildman–Crippen LogP) is 3.01. The highest BCUT2D eigenvalue weighted by molar-refractivity contribution is 6.24. The van der Waals surface area contributed by atoms with E-state index in [0.29, 0.717) is 29.4 Å². The molecule has 0 aliphatic carbocycles. The molecule has 0 bridgehead atoms. The summed E-state index contributed by atoms with van der Waals surface area (Å²) in [6.45, 7) is 0.343. The number of aliphatic imine (C=N–C) groups is 1. The van der Waals surface area contributed by atoms with Crippen LogP contribution < -0.4 is 9.47 Å². The molecule has 1 unspecified atom stereocenters. The molecule has 5 nitrogen and oxygen atoms in total. The van der Waals surface area contributed by atoms with Gasteiger partial charge in [-0.15, -0.1) is 0 Å². The Bertz CT molecular complexity index is 965. The van der Waals surface area contributed by atoms with Gasteiger partial charge in [0.25, 0.3) is 5.91 Å². The molecule has 2 aliphatic rings. The van der Waals surface area contributed by atoms with Gasteiger partial charge in [-0.05, 0) is 35.4 Å². The number of nitriles is 1. The lowest BCUT2D eigenvalue weighted by Crippen LogP contribution is -2.34. The highest BCUT2D eigenvalue weighted by Gasteiger charge is 2.37. The minimum Gasteiger partial charge on any atom is -0.497 e. The first-order valence-electron chi connectivity index (χ1n) is 7.86. The van der Waals surface area contributed by atoms with E-state index >= 15 is 0 Å². The van der Waals surface area contributed by atoms with Crippen molar-refractivity contribution in [2.24, 2.45) is 10.9 Å². The third-order valence-electron chi connectivity index (χ3n) is 4.47. The number of nitrogens with zero attached hydrogens (tertiary/aromatic N) is 2. The smallest absolute Gasteiger partial charge is 0.288 e. The van der Waals surface area contributed by atoms with Crippen LogP contribution in [0.5, 0.6) is 11.5 Å². The molecule has 0 radical (unpaired) electrons. The van der Waals surface area contributed by atoms with E-state index in [9.17, 15) is 10.1 Å². The van der Waals surface area contributed by atoms with Gasteiger partial charge in [-0.25, -0.2) is 4.99 Å². The first kappa shape index (κ1) is 15.2. The van der Waals surface area contributed by atoms with E-state index in [1.807, 2.05) is 54.6 Å². The molecule has 2 aromatic carbocycles. The van der Waals surface area contributed by atoms with Gasteiger partial charge in [-0.3, -0.25) is 4.79 Å². The standard InChI is InChI=1S/C20H14N2O3/c1-24-13-8-6-12(7-9-13)18-15(10-21)20(23)22-19-14-4-2-3-5-17(14)25-11-16(18)19/h2-9,16H,11H2,1H3. The molecule has 0 N–H and O–H groups in total. The van der Waals surface area contributed by atoms with Crippen molar-refractivity contribution in [3.63, 3.8) is 0 Å². The second kappa shape index (κ2) is 5.91. The molecular formula is C20H14N2O3. The molecule has 2 aliphatic heterocycles. The monoisotopic (exact) mass is 330 g/mol. The predicted molar refractivity (Wildman–Crippen MR) is 92.5 cm³/mol. The summed E-state index contributed by atoms with van der Waals surface area (Å²) in [5.41, 5.74) is 2.99. The molecule has 122 valence electrons. The van der Waals surface area contributed by atoms with E-state index in [0.717, 1.165) is 11.1 Å². The normalized spacial score (nSPS) is 18.5. The van der Waals surface area contributed by atoms with Crippen molar-refractivity contribution in [2.45, 2.75) is 0 Å². The van der Waals surface area contributed by atoms with Gasteiger partial charge >= 0.3 is 0 Å². The summed E-state index contributed by atoms with van der Waals surface area (Å²) < 4.78 is 11.0. The molecule has 2 aromatic rings. The van der Waals surface area contributed by atoms with Crippen LogP contribution in [0.4, 0.5) is 0 Å². The van der Waals surface area contributed by atoms with Gasteiger partial charge in [0.1, 0.15) is 29.7 Å². The molecule has 4 rings (SSSR count). The number of carbonyl (C=O) groups is 1. The van der Waals surface area contributed by atoms with Crippen LogP contribution in [0.15, 0.2) is 59.1 Å². The van der Waals surface area contributed by atoms with Gasteiger partial charge in [0, 0.05) is 5.56 Å². The maximum Gasteiger partial charge on any atom is 0.288 e. The number of rotatable bonds is 2. The van der Waals surface area contributed by atoms with Crippen LogP contribution in [-0.2, 0) is 4.79 Å². The van der Waals surface area contributed by atoms with Crippen LogP contribution >= 0.6 is 0 Å². The number of para-hydroxylation sites is 1. The summed E-state index contributed by atoms with van der Waals surface area (Å²) in [6.07, 6.45) is 0. The van der Waals surface area contributed by atoms with Gasteiger partial charge in [0.2, 0.25) is 0 Å². The summed E-state index contributed by atoms with van der Waals surface area (Å²) in [5, 5.41) is 9.52. The highest BCUT2D eigenvalue weighted by atomic mass is 16.5. The Morgan fingerprint density at radius 1 is 1.20 bits per heavy atom. The van der Waals surface area contributed by atoms with Crippen LogP contribution in [0.1, 0.15) is 11.1 Å². The zero-order chi connectivity index (χ0) is 17.4. The van der Waals surface area contributed by atoms with E-state index in [-0.39, 0.29) is 11.5 Å². The van der Waals surface area contributed by atoms with Crippen LogP contribution in [0.25, 0.3) is 5.57 Å². The summed E-state index contributed by atoms with van der Waals surface area (Å²) in [6, 6.07) is 16.8. The van der Waals surface area contributed by atoms with Crippen LogP contribution in [-0.4, -0.2) is 25.3 Å². The Hall–Kier alpha value is -3.39. The Morgan fingerprint density at radius 3 is 2.68 bits per heavy atom. The molecule has 0 saturated carbocycles. The van der Waals surface area contributed by atoms with Gasteiger partial charge in [0.15, 0.2) is 0 Å². The van der Waals surface area contributed by atoms with Gasteiger partial charge in [0.05, 0.1) is 18.7 Å². The van der Waals surface area contributed by atoms with Crippen molar-refractivity contribution in [2.75, 3.05) is 13.7 Å². The molecule has 5 heteroatoms. The van der Waals surface area contributed by atoms with Crippen molar-refractivity contribution in [1.82, 2.24) is 0 Å². The third-order valence-corrected chi connectivity index (χ3v) is 4.47. The molecule has 0 spiro atoms.